The quantitative estimate of drug-likeness (QED) is 0.886. The number of piperidine rings is 1. The van der Waals surface area contributed by atoms with Crippen molar-refractivity contribution in [3.05, 3.63) is 28.2 Å². The van der Waals surface area contributed by atoms with Gasteiger partial charge in [0.1, 0.15) is 0 Å². The zero-order valence-electron chi connectivity index (χ0n) is 10.3. The molecule has 1 heterocycles. The van der Waals surface area contributed by atoms with E-state index in [-0.39, 0.29) is 18.3 Å². The Balaban J connectivity index is 2.43. The lowest BCUT2D eigenvalue weighted by Crippen LogP contribution is -2.42. The molecule has 6 heteroatoms. The number of halogens is 4. The van der Waals surface area contributed by atoms with E-state index in [4.69, 9.17) is 0 Å². The molecule has 2 nitrogen and oxygen atoms in total. The first-order chi connectivity index (χ1) is 8.93. The number of benzene rings is 1. The zero-order chi connectivity index (χ0) is 14.0. The first kappa shape index (κ1) is 14.7. The molecule has 2 rings (SSSR count). The SMILES string of the molecule is OCC1CCCCN1c1ccc(Br)cc1C(F)(F)F. The molecular formula is C13H15BrF3NO. The van der Waals surface area contributed by atoms with Crippen LogP contribution in [-0.2, 0) is 6.18 Å². The molecular weight excluding hydrogens is 323 g/mol. The Kier molecular flexibility index (Phi) is 4.40. The van der Waals surface area contributed by atoms with Crippen molar-refractivity contribution in [3.63, 3.8) is 0 Å². The van der Waals surface area contributed by atoms with Crippen LogP contribution in [0.3, 0.4) is 0 Å². The van der Waals surface area contributed by atoms with E-state index in [1.54, 1.807) is 11.0 Å². The van der Waals surface area contributed by atoms with Gasteiger partial charge >= 0.3 is 6.18 Å². The van der Waals surface area contributed by atoms with Gasteiger partial charge in [-0.3, -0.25) is 0 Å². The van der Waals surface area contributed by atoms with Crippen LogP contribution in [0.15, 0.2) is 22.7 Å². The van der Waals surface area contributed by atoms with Crippen LogP contribution in [0.1, 0.15) is 24.8 Å². The normalized spacial score (nSPS) is 20.7. The summed E-state index contributed by atoms with van der Waals surface area (Å²) in [5.74, 6) is 0. The van der Waals surface area contributed by atoms with Gasteiger partial charge in [0.05, 0.1) is 18.2 Å². The molecule has 1 unspecified atom stereocenters. The number of alkyl halides is 3. The van der Waals surface area contributed by atoms with Gasteiger partial charge in [0, 0.05) is 16.7 Å². The summed E-state index contributed by atoms with van der Waals surface area (Å²) in [7, 11) is 0. The number of anilines is 1. The van der Waals surface area contributed by atoms with E-state index >= 15 is 0 Å². The third-order valence-electron chi connectivity index (χ3n) is 3.41. The Hall–Kier alpha value is -0.750. The molecule has 1 atom stereocenters. The monoisotopic (exact) mass is 337 g/mol. The lowest BCUT2D eigenvalue weighted by atomic mass is 10.00. The Morgan fingerprint density at radius 3 is 2.68 bits per heavy atom. The summed E-state index contributed by atoms with van der Waals surface area (Å²) in [6.07, 6.45) is -1.87. The van der Waals surface area contributed by atoms with Crippen LogP contribution < -0.4 is 4.90 Å². The minimum absolute atomic E-state index is 0.118. The lowest BCUT2D eigenvalue weighted by Gasteiger charge is -2.38. The standard InChI is InChI=1S/C13H15BrF3NO/c14-9-4-5-12(11(7-9)13(15,16)17)18-6-2-1-3-10(18)8-19/h4-5,7,10,19H,1-3,6,8H2. The third kappa shape index (κ3) is 3.23. The fourth-order valence-electron chi connectivity index (χ4n) is 2.49. The number of hydrogen-bond donors (Lipinski definition) is 1. The van der Waals surface area contributed by atoms with E-state index < -0.39 is 11.7 Å². The first-order valence-electron chi connectivity index (χ1n) is 6.17. The second-order valence-electron chi connectivity index (χ2n) is 4.68. The highest BCUT2D eigenvalue weighted by Crippen LogP contribution is 2.40. The van der Waals surface area contributed by atoms with Gasteiger partial charge in [-0.15, -0.1) is 0 Å². The summed E-state index contributed by atoms with van der Waals surface area (Å²) in [4.78, 5) is 1.68. The lowest BCUT2D eigenvalue weighted by molar-refractivity contribution is -0.137. The fraction of sp³-hybridized carbons (Fsp3) is 0.538. The summed E-state index contributed by atoms with van der Waals surface area (Å²) >= 11 is 3.08. The first-order valence-corrected chi connectivity index (χ1v) is 6.97. The Morgan fingerprint density at radius 1 is 1.32 bits per heavy atom. The second-order valence-corrected chi connectivity index (χ2v) is 5.60. The van der Waals surface area contributed by atoms with Crippen molar-refractivity contribution >= 4 is 21.6 Å². The Morgan fingerprint density at radius 2 is 2.05 bits per heavy atom. The summed E-state index contributed by atoms with van der Waals surface area (Å²) in [5, 5.41) is 9.34. The Bertz CT molecular complexity index is 450. The minimum atomic E-state index is -4.39. The van der Waals surface area contributed by atoms with Crippen LogP contribution in [0.4, 0.5) is 18.9 Å². The van der Waals surface area contributed by atoms with Gasteiger partial charge in [-0.05, 0) is 37.5 Å². The molecule has 0 spiro atoms. The topological polar surface area (TPSA) is 23.5 Å². The number of hydrogen-bond acceptors (Lipinski definition) is 2. The maximum atomic E-state index is 13.1. The summed E-state index contributed by atoms with van der Waals surface area (Å²) < 4.78 is 39.7. The molecule has 0 bridgehead atoms. The molecule has 19 heavy (non-hydrogen) atoms. The van der Waals surface area contributed by atoms with Crippen molar-refractivity contribution < 1.29 is 18.3 Å². The number of aliphatic hydroxyl groups excluding tert-OH is 1. The van der Waals surface area contributed by atoms with Gasteiger partial charge in [-0.1, -0.05) is 15.9 Å². The number of aliphatic hydroxyl groups is 1. The van der Waals surface area contributed by atoms with Crippen molar-refractivity contribution in [2.24, 2.45) is 0 Å². The van der Waals surface area contributed by atoms with Gasteiger partial charge < -0.3 is 10.0 Å². The van der Waals surface area contributed by atoms with Crippen molar-refractivity contribution in [1.82, 2.24) is 0 Å². The maximum Gasteiger partial charge on any atom is 0.418 e. The molecule has 0 saturated carbocycles. The predicted molar refractivity (Wildman–Crippen MR) is 71.2 cm³/mol. The fourth-order valence-corrected chi connectivity index (χ4v) is 2.85. The number of nitrogens with zero attached hydrogens (tertiary/aromatic N) is 1. The van der Waals surface area contributed by atoms with Crippen LogP contribution in [0, 0.1) is 0 Å². The van der Waals surface area contributed by atoms with Crippen molar-refractivity contribution in [3.8, 4) is 0 Å². The smallest absolute Gasteiger partial charge is 0.394 e. The molecule has 1 aromatic rings. The maximum absolute atomic E-state index is 13.1. The molecule has 106 valence electrons. The highest BCUT2D eigenvalue weighted by Gasteiger charge is 2.36. The van der Waals surface area contributed by atoms with E-state index in [1.165, 1.54) is 6.07 Å². The van der Waals surface area contributed by atoms with Crippen LogP contribution >= 0.6 is 15.9 Å². The molecule has 1 fully saturated rings. The van der Waals surface area contributed by atoms with E-state index in [0.717, 1.165) is 25.3 Å². The summed E-state index contributed by atoms with van der Waals surface area (Å²) in [6.45, 7) is 0.434. The summed E-state index contributed by atoms with van der Waals surface area (Å²) in [5.41, 5.74) is -0.489. The van der Waals surface area contributed by atoms with Gasteiger partial charge in [0.15, 0.2) is 0 Å². The largest absolute Gasteiger partial charge is 0.418 e. The zero-order valence-corrected chi connectivity index (χ0v) is 11.8. The van der Waals surface area contributed by atoms with Gasteiger partial charge in [-0.25, -0.2) is 0 Å². The van der Waals surface area contributed by atoms with Gasteiger partial charge in [-0.2, -0.15) is 13.2 Å². The molecule has 0 amide bonds. The van der Waals surface area contributed by atoms with Gasteiger partial charge in [0.2, 0.25) is 0 Å². The second kappa shape index (κ2) is 5.71. The summed E-state index contributed by atoms with van der Waals surface area (Å²) in [6, 6.07) is 3.95. The van der Waals surface area contributed by atoms with E-state index in [9.17, 15) is 18.3 Å². The van der Waals surface area contributed by atoms with Gasteiger partial charge in [0.25, 0.3) is 0 Å². The average molecular weight is 338 g/mol. The molecule has 0 aromatic heterocycles. The molecule has 1 aromatic carbocycles. The van der Waals surface area contributed by atoms with E-state index in [1.807, 2.05) is 0 Å². The minimum Gasteiger partial charge on any atom is -0.394 e. The number of rotatable bonds is 2. The Labute approximate surface area is 118 Å². The molecule has 1 aliphatic heterocycles. The van der Waals surface area contributed by atoms with Crippen LogP contribution in [0.2, 0.25) is 0 Å². The molecule has 0 aliphatic carbocycles. The highest BCUT2D eigenvalue weighted by molar-refractivity contribution is 9.10. The van der Waals surface area contributed by atoms with Crippen molar-refractivity contribution in [1.29, 1.82) is 0 Å². The third-order valence-corrected chi connectivity index (χ3v) is 3.90. The van der Waals surface area contributed by atoms with E-state index in [0.29, 0.717) is 11.0 Å². The van der Waals surface area contributed by atoms with Crippen LogP contribution in [0.25, 0.3) is 0 Å². The molecule has 1 saturated heterocycles. The van der Waals surface area contributed by atoms with E-state index in [2.05, 4.69) is 15.9 Å². The van der Waals surface area contributed by atoms with Crippen molar-refractivity contribution in [2.45, 2.75) is 31.5 Å². The highest BCUT2D eigenvalue weighted by atomic mass is 79.9. The van der Waals surface area contributed by atoms with Crippen molar-refractivity contribution in [2.75, 3.05) is 18.1 Å². The van der Waals surface area contributed by atoms with Crippen LogP contribution in [0.5, 0.6) is 0 Å². The molecule has 1 N–H and O–H groups in total. The predicted octanol–water partition coefficient (Wildman–Crippen LogP) is 3.82. The van der Waals surface area contributed by atoms with Crippen LogP contribution in [-0.4, -0.2) is 24.3 Å². The molecule has 0 radical (unpaired) electrons. The average Bonchev–Trinajstić information content (AvgIpc) is 2.37. The molecule has 1 aliphatic rings.